The number of hydrogen-bond acceptors (Lipinski definition) is 5. The summed E-state index contributed by atoms with van der Waals surface area (Å²) in [6.45, 7) is 3.77. The molecule has 0 aromatic rings. The predicted molar refractivity (Wildman–Crippen MR) is 81.9 cm³/mol. The number of halogens is 1. The molecule has 1 amide bonds. The Morgan fingerprint density at radius 3 is 2.26 bits per heavy atom. The summed E-state index contributed by atoms with van der Waals surface area (Å²) < 4.78 is 0. The minimum Gasteiger partial charge on any atom is -0.481 e. The zero-order valence-electron chi connectivity index (χ0n) is 12.9. The number of rotatable bonds is 6. The maximum absolute atomic E-state index is 12.2. The molecule has 8 nitrogen and oxygen atoms in total. The first-order valence-electron chi connectivity index (χ1n) is 7.33. The SMILES string of the molecule is CC(C)C[C@H](N)C(=O)N[C@@]1(C(=O)O)C[C@H](O)[C@H]2[C@H](C(=O)O)[C@H]21.Cl. The Labute approximate surface area is 139 Å². The van der Waals surface area contributed by atoms with Crippen LogP contribution >= 0.6 is 12.4 Å². The molecule has 0 unspecified atom stereocenters. The van der Waals surface area contributed by atoms with Crippen LogP contribution in [-0.4, -0.2) is 50.9 Å². The lowest BCUT2D eigenvalue weighted by Gasteiger charge is -2.30. The smallest absolute Gasteiger partial charge is 0.329 e. The summed E-state index contributed by atoms with van der Waals surface area (Å²) in [6, 6.07) is -0.866. The number of amides is 1. The topological polar surface area (TPSA) is 150 Å². The number of hydrogen-bond donors (Lipinski definition) is 5. The highest BCUT2D eigenvalue weighted by Gasteiger charge is 2.75. The van der Waals surface area contributed by atoms with Crippen LogP contribution in [0.4, 0.5) is 0 Å². The molecule has 2 fully saturated rings. The van der Waals surface area contributed by atoms with Gasteiger partial charge in [-0.3, -0.25) is 9.59 Å². The third-order valence-corrected chi connectivity index (χ3v) is 4.69. The van der Waals surface area contributed by atoms with Gasteiger partial charge in [0, 0.05) is 18.3 Å². The van der Waals surface area contributed by atoms with Crippen LogP contribution in [0, 0.1) is 23.7 Å². The molecule has 6 atom stereocenters. The number of carbonyl (C=O) groups excluding carboxylic acids is 1. The Kier molecular flexibility index (Phi) is 5.66. The predicted octanol–water partition coefficient (Wildman–Crippen LogP) is -0.567. The molecule has 0 radical (unpaired) electrons. The molecule has 0 aliphatic heterocycles. The Morgan fingerprint density at radius 2 is 1.87 bits per heavy atom. The van der Waals surface area contributed by atoms with Crippen LogP contribution in [-0.2, 0) is 14.4 Å². The minimum absolute atomic E-state index is 0. The van der Waals surface area contributed by atoms with Gasteiger partial charge < -0.3 is 26.4 Å². The van der Waals surface area contributed by atoms with Gasteiger partial charge in [0.1, 0.15) is 5.54 Å². The van der Waals surface area contributed by atoms with Crippen molar-refractivity contribution in [1.29, 1.82) is 0 Å². The average Bonchev–Trinajstić information content (AvgIpc) is 3.06. The summed E-state index contributed by atoms with van der Waals surface area (Å²) in [6.07, 6.45) is -0.855. The molecule has 23 heavy (non-hydrogen) atoms. The zero-order chi connectivity index (χ0) is 16.8. The average molecular weight is 351 g/mol. The van der Waals surface area contributed by atoms with Crippen LogP contribution in [0.1, 0.15) is 26.7 Å². The molecule has 0 spiro atoms. The van der Waals surface area contributed by atoms with E-state index in [-0.39, 0.29) is 24.7 Å². The van der Waals surface area contributed by atoms with E-state index in [2.05, 4.69) is 5.32 Å². The van der Waals surface area contributed by atoms with Gasteiger partial charge in [0.2, 0.25) is 5.91 Å². The first-order chi connectivity index (χ1) is 10.1. The fourth-order valence-electron chi connectivity index (χ4n) is 3.71. The molecule has 2 aliphatic rings. The van der Waals surface area contributed by atoms with Crippen molar-refractivity contribution in [1.82, 2.24) is 5.32 Å². The highest BCUT2D eigenvalue weighted by molar-refractivity contribution is 5.92. The maximum Gasteiger partial charge on any atom is 0.329 e. The molecule has 0 heterocycles. The van der Waals surface area contributed by atoms with Crippen LogP contribution in [0.15, 0.2) is 0 Å². The van der Waals surface area contributed by atoms with E-state index < -0.39 is 53.3 Å². The number of aliphatic hydroxyl groups excluding tert-OH is 1. The van der Waals surface area contributed by atoms with Crippen LogP contribution in [0.2, 0.25) is 0 Å². The summed E-state index contributed by atoms with van der Waals surface area (Å²) in [5.41, 5.74) is 4.01. The highest BCUT2D eigenvalue weighted by Crippen LogP contribution is 2.62. The maximum atomic E-state index is 12.2. The molecule has 0 saturated heterocycles. The first kappa shape index (κ1) is 19.7. The summed E-state index contributed by atoms with van der Waals surface area (Å²) in [5, 5.41) is 31.0. The van der Waals surface area contributed by atoms with Gasteiger partial charge in [-0.05, 0) is 12.3 Å². The normalized spacial score (nSPS) is 35.9. The van der Waals surface area contributed by atoms with Crippen LogP contribution in [0.3, 0.4) is 0 Å². The molecule has 6 N–H and O–H groups in total. The van der Waals surface area contributed by atoms with Crippen molar-refractivity contribution in [3.8, 4) is 0 Å². The van der Waals surface area contributed by atoms with Gasteiger partial charge >= 0.3 is 11.9 Å². The summed E-state index contributed by atoms with van der Waals surface area (Å²) in [4.78, 5) is 35.0. The number of carboxylic acid groups (broad SMARTS) is 2. The third-order valence-electron chi connectivity index (χ3n) is 4.69. The van der Waals surface area contributed by atoms with E-state index in [1.54, 1.807) is 0 Å². The van der Waals surface area contributed by atoms with E-state index >= 15 is 0 Å². The standard InChI is InChI=1S/C14H22N2O6.ClH/c1-5(2)3-6(15)11(18)16-14(13(21)22)4-7(17)8-9(10(8)14)12(19)20;/h5-10,17H,3-4,15H2,1-2H3,(H,16,18)(H,19,20)(H,21,22);1H/t6-,7-,8-,9-,10-,14-;/m0./s1. The number of nitrogens with two attached hydrogens (primary N) is 1. The van der Waals surface area contributed by atoms with Crippen molar-refractivity contribution in [3.63, 3.8) is 0 Å². The van der Waals surface area contributed by atoms with Crippen molar-refractivity contribution in [3.05, 3.63) is 0 Å². The monoisotopic (exact) mass is 350 g/mol. The number of carboxylic acids is 2. The van der Waals surface area contributed by atoms with Gasteiger partial charge in [-0.2, -0.15) is 0 Å². The Balaban J connectivity index is 0.00000264. The number of fused-ring (bicyclic) bond motifs is 1. The fraction of sp³-hybridized carbons (Fsp3) is 0.786. The Hall–Kier alpha value is -1.38. The van der Waals surface area contributed by atoms with Crippen molar-refractivity contribution < 1.29 is 29.7 Å². The lowest BCUT2D eigenvalue weighted by molar-refractivity contribution is -0.151. The molecule has 0 aromatic carbocycles. The van der Waals surface area contributed by atoms with Gasteiger partial charge in [-0.1, -0.05) is 13.8 Å². The van der Waals surface area contributed by atoms with E-state index in [1.807, 2.05) is 13.8 Å². The van der Waals surface area contributed by atoms with Gasteiger partial charge in [-0.15, -0.1) is 12.4 Å². The molecule has 9 heteroatoms. The molecule has 2 aliphatic carbocycles. The second-order valence-electron chi connectivity index (χ2n) is 6.74. The van der Waals surface area contributed by atoms with E-state index in [9.17, 15) is 24.6 Å². The fourth-order valence-corrected chi connectivity index (χ4v) is 3.71. The lowest BCUT2D eigenvalue weighted by Crippen LogP contribution is -2.60. The molecule has 0 bridgehead atoms. The number of aliphatic hydroxyl groups is 1. The second kappa shape index (κ2) is 6.62. The van der Waals surface area contributed by atoms with Crippen molar-refractivity contribution >= 4 is 30.3 Å². The summed E-state index contributed by atoms with van der Waals surface area (Å²) in [5.74, 6) is -5.31. The van der Waals surface area contributed by atoms with Crippen molar-refractivity contribution in [2.75, 3.05) is 0 Å². The van der Waals surface area contributed by atoms with E-state index in [1.165, 1.54) is 0 Å². The van der Waals surface area contributed by atoms with Crippen LogP contribution in [0.5, 0.6) is 0 Å². The zero-order valence-corrected chi connectivity index (χ0v) is 13.7. The molecular weight excluding hydrogens is 328 g/mol. The van der Waals surface area contributed by atoms with Crippen molar-refractivity contribution in [2.24, 2.45) is 29.4 Å². The van der Waals surface area contributed by atoms with Gasteiger partial charge in [-0.25, -0.2) is 4.79 Å². The minimum atomic E-state index is -1.75. The quantitative estimate of drug-likeness (QED) is 0.430. The highest BCUT2D eigenvalue weighted by atomic mass is 35.5. The molecular formula is C14H23ClN2O6. The third kappa shape index (κ3) is 3.29. The first-order valence-corrected chi connectivity index (χ1v) is 7.33. The van der Waals surface area contributed by atoms with Gasteiger partial charge in [0.25, 0.3) is 0 Å². The van der Waals surface area contributed by atoms with Crippen LogP contribution in [0.25, 0.3) is 0 Å². The number of carbonyl (C=O) groups is 3. The van der Waals surface area contributed by atoms with E-state index in [0.29, 0.717) is 6.42 Å². The van der Waals surface area contributed by atoms with Gasteiger partial charge in [0.15, 0.2) is 0 Å². The Morgan fingerprint density at radius 1 is 1.30 bits per heavy atom. The number of nitrogens with one attached hydrogen (secondary N) is 1. The molecule has 2 rings (SSSR count). The lowest BCUT2D eigenvalue weighted by atomic mass is 9.88. The summed E-state index contributed by atoms with van der Waals surface area (Å²) >= 11 is 0. The van der Waals surface area contributed by atoms with Crippen LogP contribution < -0.4 is 11.1 Å². The van der Waals surface area contributed by atoms with E-state index in [0.717, 1.165) is 0 Å². The second-order valence-corrected chi connectivity index (χ2v) is 6.74. The summed E-state index contributed by atoms with van der Waals surface area (Å²) in [7, 11) is 0. The Bertz CT molecular complexity index is 513. The van der Waals surface area contributed by atoms with E-state index in [4.69, 9.17) is 10.8 Å². The van der Waals surface area contributed by atoms with Crippen molar-refractivity contribution in [2.45, 2.75) is 44.4 Å². The molecule has 2 saturated carbocycles. The molecule has 0 aromatic heterocycles. The molecule has 132 valence electrons. The van der Waals surface area contributed by atoms with Gasteiger partial charge in [0.05, 0.1) is 18.1 Å². The number of aliphatic carboxylic acids is 2. The largest absolute Gasteiger partial charge is 0.481 e.